The van der Waals surface area contributed by atoms with Gasteiger partial charge in [0.25, 0.3) is 0 Å². The highest BCUT2D eigenvalue weighted by molar-refractivity contribution is 5.48. The van der Waals surface area contributed by atoms with E-state index >= 15 is 0 Å². The van der Waals surface area contributed by atoms with Crippen LogP contribution >= 0.6 is 0 Å². The summed E-state index contributed by atoms with van der Waals surface area (Å²) in [6.07, 6.45) is 3.90. The molecule has 2 N–H and O–H groups in total. The van der Waals surface area contributed by atoms with Gasteiger partial charge in [-0.05, 0) is 31.9 Å². The van der Waals surface area contributed by atoms with Crippen LogP contribution in [0.1, 0.15) is 18.4 Å². The van der Waals surface area contributed by atoms with Crippen molar-refractivity contribution in [1.82, 2.24) is 10.3 Å². The molecule has 1 aromatic rings. The van der Waals surface area contributed by atoms with Gasteiger partial charge in [0.2, 0.25) is 0 Å². The van der Waals surface area contributed by atoms with Crippen LogP contribution in [0.3, 0.4) is 0 Å². The van der Waals surface area contributed by atoms with Gasteiger partial charge in [0, 0.05) is 37.3 Å². The standard InChI is InChI=1S/C14H21N3O/c1-15-7-10-3-2-6-16-14(10)17-8-11-4-5-13(18)12(11)9-17/h2-3,6,11-13,15,18H,4-5,7-9H2,1H3. The molecule has 2 aliphatic rings. The molecule has 0 spiro atoms. The molecule has 2 heterocycles. The number of anilines is 1. The van der Waals surface area contributed by atoms with Crippen molar-refractivity contribution in [1.29, 1.82) is 0 Å². The molecule has 98 valence electrons. The summed E-state index contributed by atoms with van der Waals surface area (Å²) in [4.78, 5) is 6.89. The number of aromatic nitrogens is 1. The summed E-state index contributed by atoms with van der Waals surface area (Å²) in [6, 6.07) is 4.12. The molecule has 4 heteroatoms. The summed E-state index contributed by atoms with van der Waals surface area (Å²) in [5.41, 5.74) is 1.24. The molecule has 0 amide bonds. The first-order valence-electron chi connectivity index (χ1n) is 6.81. The first-order valence-corrected chi connectivity index (χ1v) is 6.81. The van der Waals surface area contributed by atoms with Crippen LogP contribution in [0.4, 0.5) is 5.82 Å². The van der Waals surface area contributed by atoms with Gasteiger partial charge in [0.15, 0.2) is 0 Å². The lowest BCUT2D eigenvalue weighted by Crippen LogP contribution is -2.26. The molecule has 3 unspecified atom stereocenters. The van der Waals surface area contributed by atoms with E-state index in [1.807, 2.05) is 19.3 Å². The topological polar surface area (TPSA) is 48.4 Å². The summed E-state index contributed by atoms with van der Waals surface area (Å²) in [5, 5.41) is 13.2. The average Bonchev–Trinajstić information content (AvgIpc) is 2.93. The Kier molecular flexibility index (Phi) is 3.22. The first kappa shape index (κ1) is 11.9. The Bertz CT molecular complexity index is 423. The molecule has 0 aromatic carbocycles. The van der Waals surface area contributed by atoms with Crippen LogP contribution in [0.5, 0.6) is 0 Å². The molecule has 3 rings (SSSR count). The van der Waals surface area contributed by atoms with Gasteiger partial charge in [-0.3, -0.25) is 0 Å². The number of pyridine rings is 1. The van der Waals surface area contributed by atoms with E-state index < -0.39 is 0 Å². The fourth-order valence-electron chi connectivity index (χ4n) is 3.45. The summed E-state index contributed by atoms with van der Waals surface area (Å²) in [7, 11) is 1.96. The third kappa shape index (κ3) is 1.99. The van der Waals surface area contributed by atoms with Gasteiger partial charge in [-0.15, -0.1) is 0 Å². The van der Waals surface area contributed by atoms with E-state index in [-0.39, 0.29) is 6.10 Å². The van der Waals surface area contributed by atoms with Gasteiger partial charge in [-0.2, -0.15) is 0 Å². The zero-order valence-corrected chi connectivity index (χ0v) is 10.8. The fraction of sp³-hybridized carbons (Fsp3) is 0.643. The maximum absolute atomic E-state index is 9.98. The largest absolute Gasteiger partial charge is 0.393 e. The summed E-state index contributed by atoms with van der Waals surface area (Å²) in [6.45, 7) is 2.85. The Morgan fingerprint density at radius 3 is 3.11 bits per heavy atom. The Hall–Kier alpha value is -1.13. The third-order valence-electron chi connectivity index (χ3n) is 4.35. The first-order chi connectivity index (χ1) is 8.79. The summed E-state index contributed by atoms with van der Waals surface area (Å²) in [5.74, 6) is 2.20. The molecule has 3 atom stereocenters. The molecule has 1 aromatic heterocycles. The Balaban J connectivity index is 1.80. The molecule has 0 bridgehead atoms. The molecular formula is C14H21N3O. The van der Waals surface area contributed by atoms with Crippen molar-refractivity contribution in [2.24, 2.45) is 11.8 Å². The van der Waals surface area contributed by atoms with Gasteiger partial charge in [-0.25, -0.2) is 4.98 Å². The maximum Gasteiger partial charge on any atom is 0.133 e. The van der Waals surface area contributed by atoms with E-state index in [1.165, 1.54) is 5.56 Å². The zero-order valence-electron chi connectivity index (χ0n) is 10.8. The predicted molar refractivity (Wildman–Crippen MR) is 71.4 cm³/mol. The smallest absolute Gasteiger partial charge is 0.133 e. The lowest BCUT2D eigenvalue weighted by atomic mass is 10.00. The molecule has 4 nitrogen and oxygen atoms in total. The van der Waals surface area contributed by atoms with Crippen LogP contribution in [-0.4, -0.2) is 36.3 Å². The van der Waals surface area contributed by atoms with Crippen LogP contribution in [-0.2, 0) is 6.54 Å². The van der Waals surface area contributed by atoms with Crippen LogP contribution in [0, 0.1) is 11.8 Å². The number of rotatable bonds is 3. The quantitative estimate of drug-likeness (QED) is 0.837. The maximum atomic E-state index is 9.98. The fourth-order valence-corrected chi connectivity index (χ4v) is 3.45. The molecular weight excluding hydrogens is 226 g/mol. The van der Waals surface area contributed by atoms with E-state index in [0.717, 1.165) is 38.3 Å². The summed E-state index contributed by atoms with van der Waals surface area (Å²) < 4.78 is 0. The Morgan fingerprint density at radius 2 is 2.33 bits per heavy atom. The van der Waals surface area contributed by atoms with E-state index in [0.29, 0.717) is 11.8 Å². The zero-order chi connectivity index (χ0) is 12.5. The normalized spacial score (nSPS) is 30.8. The van der Waals surface area contributed by atoms with Crippen molar-refractivity contribution in [3.05, 3.63) is 23.9 Å². The third-order valence-corrected chi connectivity index (χ3v) is 4.35. The minimum atomic E-state index is -0.100. The minimum Gasteiger partial charge on any atom is -0.393 e. The van der Waals surface area contributed by atoms with Gasteiger partial charge in [0.1, 0.15) is 5.82 Å². The van der Waals surface area contributed by atoms with Crippen molar-refractivity contribution in [2.45, 2.75) is 25.5 Å². The lowest BCUT2D eigenvalue weighted by molar-refractivity contribution is 0.133. The Morgan fingerprint density at radius 1 is 1.44 bits per heavy atom. The van der Waals surface area contributed by atoms with Gasteiger partial charge in [-0.1, -0.05) is 6.07 Å². The molecule has 0 radical (unpaired) electrons. The van der Waals surface area contributed by atoms with E-state index in [4.69, 9.17) is 0 Å². The lowest BCUT2D eigenvalue weighted by Gasteiger charge is -2.22. The number of hydrogen-bond donors (Lipinski definition) is 2. The van der Waals surface area contributed by atoms with Crippen LogP contribution in [0.25, 0.3) is 0 Å². The number of aliphatic hydroxyl groups excluding tert-OH is 1. The van der Waals surface area contributed by atoms with Crippen molar-refractivity contribution >= 4 is 5.82 Å². The highest BCUT2D eigenvalue weighted by Crippen LogP contribution is 2.39. The number of fused-ring (bicyclic) bond motifs is 1. The minimum absolute atomic E-state index is 0.100. The number of hydrogen-bond acceptors (Lipinski definition) is 4. The number of nitrogens with one attached hydrogen (secondary N) is 1. The van der Waals surface area contributed by atoms with Crippen molar-refractivity contribution in [2.75, 3.05) is 25.0 Å². The second-order valence-corrected chi connectivity index (χ2v) is 5.49. The molecule has 1 aliphatic heterocycles. The molecule has 1 aliphatic carbocycles. The SMILES string of the molecule is CNCc1cccnc1N1CC2CCC(O)C2C1. The highest BCUT2D eigenvalue weighted by Gasteiger charge is 2.42. The molecule has 2 fully saturated rings. The monoisotopic (exact) mass is 247 g/mol. The van der Waals surface area contributed by atoms with E-state index in [9.17, 15) is 5.11 Å². The van der Waals surface area contributed by atoms with Crippen LogP contribution in [0.2, 0.25) is 0 Å². The molecule has 1 saturated heterocycles. The second kappa shape index (κ2) is 4.86. The van der Waals surface area contributed by atoms with Gasteiger partial charge >= 0.3 is 0 Å². The van der Waals surface area contributed by atoms with Gasteiger partial charge in [0.05, 0.1) is 6.10 Å². The van der Waals surface area contributed by atoms with Gasteiger partial charge < -0.3 is 15.3 Å². The average molecular weight is 247 g/mol. The van der Waals surface area contributed by atoms with Crippen molar-refractivity contribution in [3.63, 3.8) is 0 Å². The number of nitrogens with zero attached hydrogens (tertiary/aromatic N) is 2. The van der Waals surface area contributed by atoms with Crippen LogP contribution < -0.4 is 10.2 Å². The van der Waals surface area contributed by atoms with Crippen molar-refractivity contribution in [3.8, 4) is 0 Å². The van der Waals surface area contributed by atoms with Crippen LogP contribution in [0.15, 0.2) is 18.3 Å². The number of aliphatic hydroxyl groups is 1. The molecule has 18 heavy (non-hydrogen) atoms. The highest BCUT2D eigenvalue weighted by atomic mass is 16.3. The van der Waals surface area contributed by atoms with E-state index in [1.54, 1.807) is 0 Å². The summed E-state index contributed by atoms with van der Waals surface area (Å²) >= 11 is 0. The van der Waals surface area contributed by atoms with Crippen molar-refractivity contribution < 1.29 is 5.11 Å². The second-order valence-electron chi connectivity index (χ2n) is 5.49. The molecule has 1 saturated carbocycles. The van der Waals surface area contributed by atoms with E-state index in [2.05, 4.69) is 21.3 Å². The Labute approximate surface area is 108 Å². The predicted octanol–water partition coefficient (Wildman–Crippen LogP) is 1.01.